The molecule has 1 N–H and O–H groups in total. The van der Waals surface area contributed by atoms with Crippen LogP contribution in [0.25, 0.3) is 11.0 Å². The van der Waals surface area contributed by atoms with Crippen molar-refractivity contribution in [2.45, 2.75) is 37.7 Å². The number of carbonyl (C=O) groups is 1. The summed E-state index contributed by atoms with van der Waals surface area (Å²) in [6.07, 6.45) is 4.65. The number of nitrogens with one attached hydrogen (secondary N) is 1. The zero-order valence-corrected chi connectivity index (χ0v) is 16.2. The Labute approximate surface area is 167 Å². The first-order chi connectivity index (χ1) is 13.7. The third-order valence-electron chi connectivity index (χ3n) is 4.51. The molecule has 3 aromatic rings. The van der Waals surface area contributed by atoms with Gasteiger partial charge in [-0.2, -0.15) is 5.10 Å². The van der Waals surface area contributed by atoms with Gasteiger partial charge in [0, 0.05) is 6.04 Å². The Morgan fingerprint density at radius 3 is 2.82 bits per heavy atom. The molecule has 7 nitrogen and oxygen atoms in total. The normalized spacial score (nSPS) is 14.6. The van der Waals surface area contributed by atoms with E-state index in [1.807, 2.05) is 30.3 Å². The van der Waals surface area contributed by atoms with Gasteiger partial charge >= 0.3 is 6.16 Å². The van der Waals surface area contributed by atoms with Crippen molar-refractivity contribution in [3.05, 3.63) is 48.3 Å². The molecular weight excluding hydrogens is 380 g/mol. The molecule has 1 fully saturated rings. The van der Waals surface area contributed by atoms with Crippen LogP contribution >= 0.6 is 11.6 Å². The van der Waals surface area contributed by atoms with Gasteiger partial charge in [-0.05, 0) is 25.3 Å². The van der Waals surface area contributed by atoms with Crippen LogP contribution in [-0.2, 0) is 11.3 Å². The van der Waals surface area contributed by atoms with E-state index in [-0.39, 0.29) is 12.0 Å². The average molecular weight is 401 g/mol. The van der Waals surface area contributed by atoms with Crippen LogP contribution < -0.4 is 10.1 Å². The maximum atomic E-state index is 11.8. The molecule has 1 aliphatic carbocycles. The molecule has 0 bridgehead atoms. The lowest BCUT2D eigenvalue weighted by Gasteiger charge is -2.13. The largest absolute Gasteiger partial charge is 0.513 e. The molecule has 2 aromatic heterocycles. The first-order valence-corrected chi connectivity index (χ1v) is 9.74. The predicted octanol–water partition coefficient (Wildman–Crippen LogP) is 4.52. The molecule has 1 atom stereocenters. The van der Waals surface area contributed by atoms with Crippen LogP contribution in [0.2, 0.25) is 0 Å². The summed E-state index contributed by atoms with van der Waals surface area (Å²) in [5.41, 5.74) is 2.41. The van der Waals surface area contributed by atoms with Crippen LogP contribution in [0.1, 0.15) is 30.7 Å². The number of nitrogens with zero attached hydrogens (tertiary/aromatic N) is 3. The van der Waals surface area contributed by atoms with E-state index in [1.165, 1.54) is 6.20 Å². The van der Waals surface area contributed by atoms with Gasteiger partial charge in [0.15, 0.2) is 11.4 Å². The Kier molecular flexibility index (Phi) is 5.34. The molecule has 4 rings (SSSR count). The topological polar surface area (TPSA) is 78.3 Å². The van der Waals surface area contributed by atoms with E-state index >= 15 is 0 Å². The van der Waals surface area contributed by atoms with Crippen molar-refractivity contribution in [2.24, 2.45) is 0 Å². The van der Waals surface area contributed by atoms with E-state index in [0.29, 0.717) is 29.7 Å². The Hall–Kier alpha value is -2.80. The van der Waals surface area contributed by atoms with Crippen LogP contribution in [0.5, 0.6) is 5.75 Å². The number of alkyl halides is 1. The number of halogens is 1. The summed E-state index contributed by atoms with van der Waals surface area (Å²) in [6, 6.07) is 10.2. The zero-order chi connectivity index (χ0) is 19.5. The van der Waals surface area contributed by atoms with Crippen molar-refractivity contribution in [1.82, 2.24) is 14.8 Å². The Balaban J connectivity index is 1.64. The highest BCUT2D eigenvalue weighted by Gasteiger charge is 2.26. The first-order valence-electron chi connectivity index (χ1n) is 9.30. The van der Waals surface area contributed by atoms with Crippen molar-refractivity contribution >= 4 is 34.5 Å². The molecule has 1 saturated carbocycles. The molecule has 0 aliphatic heterocycles. The SMILES string of the molecule is CCOC(=O)Oc1cnc2c(cnn2CC(Cl)c2ccccc2)c1NC1CC1. The number of hydrogen-bond donors (Lipinski definition) is 1. The molecule has 0 spiro atoms. The third-order valence-corrected chi connectivity index (χ3v) is 4.90. The van der Waals surface area contributed by atoms with Gasteiger partial charge in [-0.25, -0.2) is 14.5 Å². The number of anilines is 1. The summed E-state index contributed by atoms with van der Waals surface area (Å²) in [6.45, 7) is 2.45. The molecule has 146 valence electrons. The fourth-order valence-electron chi connectivity index (χ4n) is 2.96. The van der Waals surface area contributed by atoms with Gasteiger partial charge in [0.1, 0.15) is 0 Å². The number of ether oxygens (including phenoxy) is 2. The van der Waals surface area contributed by atoms with Gasteiger partial charge in [0.2, 0.25) is 0 Å². The second-order valence-corrected chi connectivity index (χ2v) is 7.17. The Morgan fingerprint density at radius 2 is 2.11 bits per heavy atom. The van der Waals surface area contributed by atoms with E-state index in [1.54, 1.807) is 17.8 Å². The highest BCUT2D eigenvalue weighted by atomic mass is 35.5. The number of aromatic nitrogens is 3. The summed E-state index contributed by atoms with van der Waals surface area (Å²) < 4.78 is 12.0. The standard InChI is InChI=1S/C20H21ClN4O3/c1-2-27-20(26)28-17-11-22-19-15(18(17)24-14-8-9-14)10-23-25(19)12-16(21)13-6-4-3-5-7-13/h3-7,10-11,14,16H,2,8-9,12H2,1H3,(H,22,24). The van der Waals surface area contributed by atoms with Crippen molar-refractivity contribution in [1.29, 1.82) is 0 Å². The molecule has 0 amide bonds. The summed E-state index contributed by atoms with van der Waals surface area (Å²) in [7, 11) is 0. The van der Waals surface area contributed by atoms with Gasteiger partial charge in [-0.15, -0.1) is 11.6 Å². The van der Waals surface area contributed by atoms with Gasteiger partial charge in [-0.1, -0.05) is 30.3 Å². The van der Waals surface area contributed by atoms with Gasteiger partial charge in [0.25, 0.3) is 0 Å². The number of fused-ring (bicyclic) bond motifs is 1. The fraction of sp³-hybridized carbons (Fsp3) is 0.350. The molecule has 28 heavy (non-hydrogen) atoms. The number of benzene rings is 1. The highest BCUT2D eigenvalue weighted by molar-refractivity contribution is 6.20. The lowest BCUT2D eigenvalue weighted by atomic mass is 10.1. The molecule has 0 radical (unpaired) electrons. The van der Waals surface area contributed by atoms with Gasteiger partial charge in [0.05, 0.1) is 42.0 Å². The first kappa shape index (κ1) is 18.6. The Morgan fingerprint density at radius 1 is 1.32 bits per heavy atom. The lowest BCUT2D eigenvalue weighted by molar-refractivity contribution is 0.104. The minimum Gasteiger partial charge on any atom is -0.434 e. The minimum atomic E-state index is -0.750. The van der Waals surface area contributed by atoms with Crippen molar-refractivity contribution in [3.8, 4) is 5.75 Å². The second-order valence-electron chi connectivity index (χ2n) is 6.64. The van der Waals surface area contributed by atoms with Gasteiger partial charge in [-0.3, -0.25) is 0 Å². The summed E-state index contributed by atoms with van der Waals surface area (Å²) >= 11 is 6.58. The van der Waals surface area contributed by atoms with Crippen LogP contribution in [0.4, 0.5) is 10.5 Å². The van der Waals surface area contributed by atoms with Crippen molar-refractivity contribution in [2.75, 3.05) is 11.9 Å². The number of hydrogen-bond acceptors (Lipinski definition) is 6. The van der Waals surface area contributed by atoms with Crippen LogP contribution in [0, 0.1) is 0 Å². The Bertz CT molecular complexity index is 972. The molecule has 8 heteroatoms. The summed E-state index contributed by atoms with van der Waals surface area (Å²) in [4.78, 5) is 16.2. The summed E-state index contributed by atoms with van der Waals surface area (Å²) in [5, 5.41) is 8.43. The quantitative estimate of drug-likeness (QED) is 0.464. The fourth-order valence-corrected chi connectivity index (χ4v) is 3.23. The maximum absolute atomic E-state index is 11.8. The lowest BCUT2D eigenvalue weighted by Crippen LogP contribution is -2.13. The third kappa shape index (κ3) is 4.04. The zero-order valence-electron chi connectivity index (χ0n) is 15.5. The molecule has 1 unspecified atom stereocenters. The molecule has 2 heterocycles. The number of carbonyl (C=O) groups excluding carboxylic acids is 1. The number of pyridine rings is 1. The monoisotopic (exact) mass is 400 g/mol. The average Bonchev–Trinajstić information content (AvgIpc) is 3.43. The maximum Gasteiger partial charge on any atom is 0.513 e. The van der Waals surface area contributed by atoms with Crippen molar-refractivity contribution in [3.63, 3.8) is 0 Å². The highest BCUT2D eigenvalue weighted by Crippen LogP contribution is 2.36. The van der Waals surface area contributed by atoms with Gasteiger partial charge < -0.3 is 14.8 Å². The van der Waals surface area contributed by atoms with E-state index in [2.05, 4.69) is 15.4 Å². The molecule has 1 aromatic carbocycles. The molecule has 1 aliphatic rings. The van der Waals surface area contributed by atoms with Crippen molar-refractivity contribution < 1.29 is 14.3 Å². The van der Waals surface area contributed by atoms with Crippen LogP contribution in [0.3, 0.4) is 0 Å². The van der Waals surface area contributed by atoms with Crippen LogP contribution in [0.15, 0.2) is 42.7 Å². The van der Waals surface area contributed by atoms with E-state index in [0.717, 1.165) is 23.8 Å². The van der Waals surface area contributed by atoms with E-state index in [4.69, 9.17) is 21.1 Å². The van der Waals surface area contributed by atoms with E-state index < -0.39 is 6.16 Å². The smallest absolute Gasteiger partial charge is 0.434 e. The number of rotatable bonds is 7. The molecular formula is C20H21ClN4O3. The second kappa shape index (κ2) is 8.06. The van der Waals surface area contributed by atoms with Crippen LogP contribution in [-0.4, -0.2) is 33.6 Å². The minimum absolute atomic E-state index is 0.235. The van der Waals surface area contributed by atoms with E-state index in [9.17, 15) is 4.79 Å². The predicted molar refractivity (Wildman–Crippen MR) is 107 cm³/mol. The molecule has 0 saturated heterocycles. The summed E-state index contributed by atoms with van der Waals surface area (Å²) in [5.74, 6) is 0.336.